The van der Waals surface area contributed by atoms with Gasteiger partial charge >= 0.3 is 0 Å². The first kappa shape index (κ1) is 15.0. The van der Waals surface area contributed by atoms with Gasteiger partial charge in [-0.2, -0.15) is 0 Å². The first-order chi connectivity index (χ1) is 9.61. The molecule has 0 spiro atoms. The Morgan fingerprint density at radius 3 is 2.95 bits per heavy atom. The number of benzene rings is 1. The van der Waals surface area contributed by atoms with E-state index in [1.54, 1.807) is 23.5 Å². The first-order valence-corrected chi connectivity index (χ1v) is 7.67. The minimum Gasteiger partial charge on any atom is -0.488 e. The van der Waals surface area contributed by atoms with Gasteiger partial charge in [-0.1, -0.05) is 36.5 Å². The maximum absolute atomic E-state index is 6.08. The van der Waals surface area contributed by atoms with Crippen molar-refractivity contribution >= 4 is 45.8 Å². The zero-order valence-electron chi connectivity index (χ0n) is 11.0. The summed E-state index contributed by atoms with van der Waals surface area (Å²) in [7, 11) is 0. The molecule has 0 fully saturated rings. The fourth-order valence-corrected chi connectivity index (χ4v) is 2.94. The van der Waals surface area contributed by atoms with Crippen LogP contribution >= 0.6 is 35.2 Å². The summed E-state index contributed by atoms with van der Waals surface area (Å²) in [6.45, 7) is 6.08. The van der Waals surface area contributed by atoms with Crippen LogP contribution in [-0.2, 0) is 0 Å². The van der Waals surface area contributed by atoms with Crippen LogP contribution in [0.5, 0.6) is 5.75 Å². The quantitative estimate of drug-likeness (QED) is 0.613. The second-order valence-corrected chi connectivity index (χ2v) is 6.03. The summed E-state index contributed by atoms with van der Waals surface area (Å²) in [4.78, 5) is 1.89. The Hall–Kier alpha value is -1.36. The molecule has 2 aromatic rings. The topological polar surface area (TPSA) is 21.3 Å². The number of hydrogen-bond donors (Lipinski definition) is 1. The monoisotopic (exact) mass is 323 g/mol. The van der Waals surface area contributed by atoms with Gasteiger partial charge in [-0.15, -0.1) is 11.3 Å². The molecule has 0 saturated heterocycles. The van der Waals surface area contributed by atoms with E-state index in [4.69, 9.17) is 28.6 Å². The van der Waals surface area contributed by atoms with Crippen molar-refractivity contribution in [1.29, 1.82) is 0 Å². The number of rotatable bonds is 5. The average Bonchev–Trinajstić information content (AvgIpc) is 2.85. The van der Waals surface area contributed by atoms with Crippen LogP contribution in [-0.4, -0.2) is 11.6 Å². The van der Waals surface area contributed by atoms with Crippen molar-refractivity contribution in [2.45, 2.75) is 6.92 Å². The summed E-state index contributed by atoms with van der Waals surface area (Å²) in [5.74, 6) is 0.612. The van der Waals surface area contributed by atoms with Gasteiger partial charge in [-0.25, -0.2) is 0 Å². The molecule has 0 atom stereocenters. The van der Waals surface area contributed by atoms with Gasteiger partial charge in [-0.3, -0.25) is 0 Å². The molecule has 0 aliphatic carbocycles. The molecular formula is C15H14ClNOS2. The maximum atomic E-state index is 6.08. The predicted molar refractivity (Wildman–Crippen MR) is 91.5 cm³/mol. The second-order valence-electron chi connectivity index (χ2n) is 4.09. The summed E-state index contributed by atoms with van der Waals surface area (Å²) in [5, 5.41) is 5.79. The lowest BCUT2D eigenvalue weighted by Crippen LogP contribution is -2.10. The highest BCUT2D eigenvalue weighted by atomic mass is 35.5. The Labute approximate surface area is 133 Å². The van der Waals surface area contributed by atoms with Gasteiger partial charge in [-0.05, 0) is 30.5 Å². The minimum atomic E-state index is 0.414. The fourth-order valence-electron chi connectivity index (χ4n) is 1.66. The molecule has 0 saturated carbocycles. The molecule has 2 nitrogen and oxygen atoms in total. The van der Waals surface area contributed by atoms with Crippen LogP contribution in [0.3, 0.4) is 0 Å². The summed E-state index contributed by atoms with van der Waals surface area (Å²) in [5.41, 5.74) is 1.90. The molecule has 0 unspecified atom stereocenters. The highest BCUT2D eigenvalue weighted by Gasteiger charge is 2.08. The summed E-state index contributed by atoms with van der Waals surface area (Å²) in [6.07, 6.45) is 1.68. The van der Waals surface area contributed by atoms with Crippen molar-refractivity contribution in [2.24, 2.45) is 0 Å². The second kappa shape index (κ2) is 6.88. The lowest BCUT2D eigenvalue weighted by molar-refractivity contribution is 0.363. The van der Waals surface area contributed by atoms with Gasteiger partial charge in [0.15, 0.2) is 0 Å². The molecule has 5 heteroatoms. The highest BCUT2D eigenvalue weighted by molar-refractivity contribution is 7.81. The van der Waals surface area contributed by atoms with Crippen LogP contribution in [0, 0.1) is 6.92 Å². The van der Waals surface area contributed by atoms with E-state index in [1.165, 1.54) is 4.88 Å². The summed E-state index contributed by atoms with van der Waals surface area (Å²) < 4.78 is 5.49. The van der Waals surface area contributed by atoms with E-state index in [0.29, 0.717) is 22.4 Å². The van der Waals surface area contributed by atoms with Crippen molar-refractivity contribution in [3.05, 3.63) is 57.8 Å². The third kappa shape index (κ3) is 3.60. The number of hydrogen-bond acceptors (Lipinski definition) is 3. The molecule has 0 amide bonds. The minimum absolute atomic E-state index is 0.414. The molecule has 1 N–H and O–H groups in total. The molecule has 1 heterocycles. The van der Waals surface area contributed by atoms with Crippen molar-refractivity contribution in [3.8, 4) is 5.75 Å². The summed E-state index contributed by atoms with van der Waals surface area (Å²) >= 11 is 13.2. The zero-order valence-corrected chi connectivity index (χ0v) is 13.4. The van der Waals surface area contributed by atoms with E-state index in [-0.39, 0.29) is 0 Å². The van der Waals surface area contributed by atoms with Gasteiger partial charge in [0.1, 0.15) is 17.3 Å². The Balaban J connectivity index is 2.15. The highest BCUT2D eigenvalue weighted by Crippen LogP contribution is 2.28. The zero-order chi connectivity index (χ0) is 14.5. The predicted octanol–water partition coefficient (Wildman–Crippen LogP) is 5.06. The first-order valence-electron chi connectivity index (χ1n) is 6.00. The number of aryl methyl sites for hydroxylation is 1. The SMILES string of the molecule is C=CCOc1cc(NC(=S)c2ccsc2C)ccc1Cl. The Morgan fingerprint density at radius 2 is 2.30 bits per heavy atom. The number of nitrogens with one attached hydrogen (secondary N) is 1. The molecule has 1 aromatic heterocycles. The van der Waals surface area contributed by atoms with E-state index in [9.17, 15) is 0 Å². The third-order valence-corrected chi connectivity index (χ3v) is 4.13. The van der Waals surface area contributed by atoms with Gasteiger partial charge in [0.25, 0.3) is 0 Å². The Kier molecular flexibility index (Phi) is 5.17. The lowest BCUT2D eigenvalue weighted by Gasteiger charge is -2.11. The molecular weight excluding hydrogens is 310 g/mol. The number of thiophene rings is 1. The van der Waals surface area contributed by atoms with E-state index in [1.807, 2.05) is 23.6 Å². The van der Waals surface area contributed by atoms with Crippen LogP contribution < -0.4 is 10.1 Å². The number of ether oxygens (including phenoxy) is 1. The largest absolute Gasteiger partial charge is 0.488 e. The molecule has 0 radical (unpaired) electrons. The van der Waals surface area contributed by atoms with E-state index >= 15 is 0 Å². The number of halogens is 1. The van der Waals surface area contributed by atoms with Crippen LogP contribution in [0.2, 0.25) is 5.02 Å². The number of thiocarbonyl (C=S) groups is 1. The van der Waals surface area contributed by atoms with Gasteiger partial charge in [0.2, 0.25) is 0 Å². The third-order valence-electron chi connectivity index (χ3n) is 2.65. The van der Waals surface area contributed by atoms with E-state index in [0.717, 1.165) is 11.3 Å². The average molecular weight is 324 g/mol. The van der Waals surface area contributed by atoms with E-state index < -0.39 is 0 Å². The van der Waals surface area contributed by atoms with Gasteiger partial charge < -0.3 is 10.1 Å². The van der Waals surface area contributed by atoms with Gasteiger partial charge in [0, 0.05) is 22.2 Å². The number of anilines is 1. The lowest BCUT2D eigenvalue weighted by atomic mass is 10.2. The molecule has 2 rings (SSSR count). The van der Waals surface area contributed by atoms with Crippen molar-refractivity contribution in [2.75, 3.05) is 11.9 Å². The van der Waals surface area contributed by atoms with Crippen LogP contribution in [0.25, 0.3) is 0 Å². The smallest absolute Gasteiger partial charge is 0.140 e. The molecule has 0 aliphatic rings. The summed E-state index contributed by atoms with van der Waals surface area (Å²) in [6, 6.07) is 7.50. The standard InChI is InChI=1S/C15H14ClNOS2/c1-3-7-18-14-9-11(4-5-13(14)16)17-15(19)12-6-8-20-10(12)2/h3-6,8-9H,1,7H2,2H3,(H,17,19). The molecule has 20 heavy (non-hydrogen) atoms. The molecule has 1 aromatic carbocycles. The Morgan fingerprint density at radius 1 is 1.50 bits per heavy atom. The van der Waals surface area contributed by atoms with E-state index in [2.05, 4.69) is 18.8 Å². The van der Waals surface area contributed by atoms with Gasteiger partial charge in [0.05, 0.1) is 5.02 Å². The van der Waals surface area contributed by atoms with Crippen molar-refractivity contribution < 1.29 is 4.74 Å². The maximum Gasteiger partial charge on any atom is 0.140 e. The van der Waals surface area contributed by atoms with Crippen molar-refractivity contribution in [3.63, 3.8) is 0 Å². The Bertz CT molecular complexity index is 637. The molecule has 0 bridgehead atoms. The van der Waals surface area contributed by atoms with Crippen molar-refractivity contribution in [1.82, 2.24) is 0 Å². The fraction of sp³-hybridized carbons (Fsp3) is 0.133. The van der Waals surface area contributed by atoms with Crippen LogP contribution in [0.1, 0.15) is 10.4 Å². The van der Waals surface area contributed by atoms with Crippen LogP contribution in [0.4, 0.5) is 5.69 Å². The molecule has 0 aliphatic heterocycles. The van der Waals surface area contributed by atoms with Crippen LogP contribution in [0.15, 0.2) is 42.3 Å². The molecule has 104 valence electrons. The normalized spacial score (nSPS) is 10.1.